The minimum atomic E-state index is 1.07. The number of benzene rings is 1. The molecule has 0 heterocycles. The van der Waals surface area contributed by atoms with Gasteiger partial charge in [0.15, 0.2) is 0 Å². The van der Waals surface area contributed by atoms with Crippen molar-refractivity contribution in [2.75, 3.05) is 0 Å². The molecule has 0 atom stereocenters. The van der Waals surface area contributed by atoms with Crippen LogP contribution in [0.4, 0.5) is 0 Å². The van der Waals surface area contributed by atoms with Gasteiger partial charge in [0, 0.05) is 0 Å². The Kier molecular flexibility index (Phi) is 9.72. The average molecular weight is 280 g/mol. The number of terminal acetylenes is 1. The van der Waals surface area contributed by atoms with Crippen LogP contribution >= 0.6 is 0 Å². The highest BCUT2D eigenvalue weighted by Gasteiger charge is 1.96. The van der Waals surface area contributed by atoms with Crippen LogP contribution < -0.4 is 0 Å². The van der Waals surface area contributed by atoms with E-state index in [1.165, 1.54) is 27.8 Å². The van der Waals surface area contributed by atoms with Crippen molar-refractivity contribution in [3.8, 4) is 12.8 Å². The van der Waals surface area contributed by atoms with Crippen molar-refractivity contribution in [1.82, 2.24) is 0 Å². The molecule has 0 bridgehead atoms. The summed E-state index contributed by atoms with van der Waals surface area (Å²) in [5.74, 6) is 0. The standard InChI is InChI=1S/C19H26.C2H2/c1-6-8-16(4)19(9-7-2)13-12-18-11-10-15(3)17(5)14-18;1-2/h8-14H,6-7H2,1-5H3;1-2H/b13-12+,16-8-,19-9-;. The second kappa shape index (κ2) is 10.7. The van der Waals surface area contributed by atoms with Gasteiger partial charge in [-0.05, 0) is 61.4 Å². The number of hydrogen-bond donors (Lipinski definition) is 0. The molecule has 0 amide bonds. The summed E-state index contributed by atoms with van der Waals surface area (Å²) in [5, 5.41) is 0. The normalized spacial score (nSPS) is 12.1. The molecule has 0 saturated carbocycles. The second-order valence-corrected chi connectivity index (χ2v) is 5.04. The first kappa shape index (κ1) is 19.0. The van der Waals surface area contributed by atoms with E-state index < -0.39 is 0 Å². The van der Waals surface area contributed by atoms with E-state index in [1.807, 2.05) is 0 Å². The van der Waals surface area contributed by atoms with E-state index in [-0.39, 0.29) is 0 Å². The van der Waals surface area contributed by atoms with E-state index in [9.17, 15) is 0 Å². The maximum Gasteiger partial charge on any atom is -0.0254 e. The van der Waals surface area contributed by atoms with Gasteiger partial charge in [-0.25, -0.2) is 0 Å². The Balaban J connectivity index is 0.00000191. The fourth-order valence-electron chi connectivity index (χ4n) is 2.06. The smallest absolute Gasteiger partial charge is 0.0254 e. The summed E-state index contributed by atoms with van der Waals surface area (Å²) in [7, 11) is 0. The molecule has 0 unspecified atom stereocenters. The molecular weight excluding hydrogens is 252 g/mol. The van der Waals surface area contributed by atoms with E-state index in [4.69, 9.17) is 0 Å². The molecule has 0 saturated heterocycles. The van der Waals surface area contributed by atoms with Gasteiger partial charge >= 0.3 is 0 Å². The van der Waals surface area contributed by atoms with Crippen LogP contribution in [0.5, 0.6) is 0 Å². The summed E-state index contributed by atoms with van der Waals surface area (Å²) in [6.07, 6.45) is 19.2. The SMILES string of the molecule is C#C.CC\C=C(C)/C(=C\CC)/C=C/c1ccc(C)c(C)c1. The van der Waals surface area contributed by atoms with E-state index >= 15 is 0 Å². The van der Waals surface area contributed by atoms with Gasteiger partial charge in [0.2, 0.25) is 0 Å². The molecule has 0 aliphatic rings. The Labute approximate surface area is 131 Å². The highest BCUT2D eigenvalue weighted by Crippen LogP contribution is 2.16. The minimum Gasteiger partial charge on any atom is -0.124 e. The summed E-state index contributed by atoms with van der Waals surface area (Å²) in [4.78, 5) is 0. The topological polar surface area (TPSA) is 0 Å². The van der Waals surface area contributed by atoms with Crippen LogP contribution in [0.15, 0.2) is 47.6 Å². The zero-order valence-corrected chi connectivity index (χ0v) is 14.1. The second-order valence-electron chi connectivity index (χ2n) is 5.04. The Morgan fingerprint density at radius 1 is 1.00 bits per heavy atom. The summed E-state index contributed by atoms with van der Waals surface area (Å²) in [6.45, 7) is 10.9. The van der Waals surface area contributed by atoms with Crippen LogP contribution in [-0.4, -0.2) is 0 Å². The Hall–Kier alpha value is -2.00. The zero-order chi connectivity index (χ0) is 16.3. The molecular formula is C21H28. The van der Waals surface area contributed by atoms with Gasteiger partial charge in [-0.15, -0.1) is 12.8 Å². The summed E-state index contributed by atoms with van der Waals surface area (Å²) in [6, 6.07) is 6.61. The Morgan fingerprint density at radius 3 is 2.14 bits per heavy atom. The van der Waals surface area contributed by atoms with Crippen molar-refractivity contribution in [3.63, 3.8) is 0 Å². The zero-order valence-electron chi connectivity index (χ0n) is 14.1. The van der Waals surface area contributed by atoms with E-state index in [0.717, 1.165) is 12.8 Å². The van der Waals surface area contributed by atoms with Crippen molar-refractivity contribution >= 4 is 6.08 Å². The summed E-state index contributed by atoms with van der Waals surface area (Å²) >= 11 is 0. The van der Waals surface area contributed by atoms with Crippen molar-refractivity contribution in [2.24, 2.45) is 0 Å². The highest BCUT2D eigenvalue weighted by atomic mass is 14.0. The van der Waals surface area contributed by atoms with Crippen molar-refractivity contribution < 1.29 is 0 Å². The third-order valence-corrected chi connectivity index (χ3v) is 3.38. The molecule has 1 aromatic rings. The lowest BCUT2D eigenvalue weighted by Crippen LogP contribution is -1.84. The molecule has 0 nitrogen and oxygen atoms in total. The molecule has 21 heavy (non-hydrogen) atoms. The van der Waals surface area contributed by atoms with Crippen LogP contribution in [0.1, 0.15) is 50.3 Å². The molecule has 0 N–H and O–H groups in total. The number of allylic oxidation sites excluding steroid dienone is 5. The van der Waals surface area contributed by atoms with Gasteiger partial charge in [0.1, 0.15) is 0 Å². The van der Waals surface area contributed by atoms with E-state index in [2.05, 4.69) is 90.0 Å². The molecule has 112 valence electrons. The van der Waals surface area contributed by atoms with Crippen LogP contribution in [-0.2, 0) is 0 Å². The number of hydrogen-bond acceptors (Lipinski definition) is 0. The van der Waals surface area contributed by atoms with Gasteiger partial charge in [-0.2, -0.15) is 0 Å². The predicted octanol–water partition coefficient (Wildman–Crippen LogP) is 6.26. The quantitative estimate of drug-likeness (QED) is 0.441. The fourth-order valence-corrected chi connectivity index (χ4v) is 2.06. The van der Waals surface area contributed by atoms with Crippen LogP contribution in [0.25, 0.3) is 6.08 Å². The van der Waals surface area contributed by atoms with Gasteiger partial charge in [-0.1, -0.05) is 56.4 Å². The van der Waals surface area contributed by atoms with Gasteiger partial charge in [0.05, 0.1) is 0 Å². The lowest BCUT2D eigenvalue weighted by Gasteiger charge is -2.04. The third kappa shape index (κ3) is 6.82. The van der Waals surface area contributed by atoms with Crippen molar-refractivity contribution in [1.29, 1.82) is 0 Å². The minimum absolute atomic E-state index is 1.07. The number of aryl methyl sites for hydroxylation is 2. The molecule has 0 fully saturated rings. The van der Waals surface area contributed by atoms with Crippen LogP contribution in [0, 0.1) is 26.7 Å². The molecule has 0 aliphatic carbocycles. The maximum absolute atomic E-state index is 4.00. The van der Waals surface area contributed by atoms with Crippen molar-refractivity contribution in [2.45, 2.75) is 47.5 Å². The van der Waals surface area contributed by atoms with Gasteiger partial charge < -0.3 is 0 Å². The fraction of sp³-hybridized carbons (Fsp3) is 0.333. The molecule has 1 aromatic carbocycles. The maximum atomic E-state index is 4.00. The molecule has 0 spiro atoms. The molecule has 0 heteroatoms. The van der Waals surface area contributed by atoms with Crippen molar-refractivity contribution in [3.05, 3.63) is 64.3 Å². The number of rotatable bonds is 5. The van der Waals surface area contributed by atoms with Gasteiger partial charge in [0.25, 0.3) is 0 Å². The third-order valence-electron chi connectivity index (χ3n) is 3.38. The first-order valence-electron chi connectivity index (χ1n) is 7.54. The van der Waals surface area contributed by atoms with Gasteiger partial charge in [-0.3, -0.25) is 0 Å². The molecule has 0 aromatic heterocycles. The average Bonchev–Trinajstić information content (AvgIpc) is 2.49. The monoisotopic (exact) mass is 280 g/mol. The predicted molar refractivity (Wildman–Crippen MR) is 97.3 cm³/mol. The lowest BCUT2D eigenvalue weighted by atomic mass is 10.0. The van der Waals surface area contributed by atoms with E-state index in [1.54, 1.807) is 0 Å². The first-order valence-corrected chi connectivity index (χ1v) is 7.54. The van der Waals surface area contributed by atoms with Crippen LogP contribution in [0.3, 0.4) is 0 Å². The first-order chi connectivity index (χ1) is 10.1. The summed E-state index contributed by atoms with van der Waals surface area (Å²) in [5.41, 5.74) is 6.67. The van der Waals surface area contributed by atoms with E-state index in [0.29, 0.717) is 0 Å². The molecule has 0 aliphatic heterocycles. The summed E-state index contributed by atoms with van der Waals surface area (Å²) < 4.78 is 0. The van der Waals surface area contributed by atoms with Crippen LogP contribution in [0.2, 0.25) is 0 Å². The highest BCUT2D eigenvalue weighted by molar-refractivity contribution is 5.57. The Bertz CT molecular complexity index is 536. The molecule has 0 radical (unpaired) electrons. The molecule has 1 rings (SSSR count). The largest absolute Gasteiger partial charge is 0.124 e. The lowest BCUT2D eigenvalue weighted by molar-refractivity contribution is 1.16. The Morgan fingerprint density at radius 2 is 1.62 bits per heavy atom.